The van der Waals surface area contributed by atoms with Crippen LogP contribution >= 0.6 is 0 Å². The van der Waals surface area contributed by atoms with Gasteiger partial charge in [-0.2, -0.15) is 4.31 Å². The second kappa shape index (κ2) is 9.86. The normalized spacial score (nSPS) is 14.6. The van der Waals surface area contributed by atoms with Crippen molar-refractivity contribution in [2.75, 3.05) is 49.6 Å². The number of aromatic nitrogens is 1. The molecule has 0 aliphatic carbocycles. The number of pyridine rings is 1. The number of morpholine rings is 1. The Bertz CT molecular complexity index is 1250. The van der Waals surface area contributed by atoms with Gasteiger partial charge in [-0.3, -0.25) is 9.78 Å². The van der Waals surface area contributed by atoms with Gasteiger partial charge in [0.25, 0.3) is 5.91 Å². The van der Waals surface area contributed by atoms with E-state index in [-0.39, 0.29) is 10.8 Å². The first-order valence-corrected chi connectivity index (χ1v) is 12.5. The largest absolute Gasteiger partial charge is 0.378 e. The van der Waals surface area contributed by atoms with Gasteiger partial charge in [-0.25, -0.2) is 8.42 Å². The summed E-state index contributed by atoms with van der Waals surface area (Å²) >= 11 is 0. The molecule has 1 amide bonds. The highest BCUT2D eigenvalue weighted by Gasteiger charge is 2.26. The van der Waals surface area contributed by atoms with Gasteiger partial charge in [0.2, 0.25) is 10.0 Å². The standard InChI is InChI=1S/C24H28N4O4S/c1-3-28(4-2)33(30,31)19-10-11-22(27-13-15-32-16-14-27)20(17-19)24(29)26-21-9-5-7-18-8-6-12-25-23(18)21/h5-12,17H,3-4,13-16H2,1-2H3,(H,26,29). The van der Waals surface area contributed by atoms with Crippen molar-refractivity contribution < 1.29 is 17.9 Å². The summed E-state index contributed by atoms with van der Waals surface area (Å²) in [6.45, 7) is 6.65. The minimum absolute atomic E-state index is 0.101. The van der Waals surface area contributed by atoms with Crippen LogP contribution in [0.25, 0.3) is 10.9 Å². The van der Waals surface area contributed by atoms with Crippen molar-refractivity contribution in [2.24, 2.45) is 0 Å². The molecule has 174 valence electrons. The molecule has 0 radical (unpaired) electrons. The van der Waals surface area contributed by atoms with Crippen LogP contribution in [0.4, 0.5) is 11.4 Å². The van der Waals surface area contributed by atoms with Crippen molar-refractivity contribution in [2.45, 2.75) is 18.7 Å². The molecule has 0 spiro atoms. The van der Waals surface area contributed by atoms with Gasteiger partial charge < -0.3 is 15.0 Å². The van der Waals surface area contributed by atoms with Crippen LogP contribution in [0.1, 0.15) is 24.2 Å². The predicted molar refractivity (Wildman–Crippen MR) is 129 cm³/mol. The summed E-state index contributed by atoms with van der Waals surface area (Å²) in [6, 6.07) is 14.1. The van der Waals surface area contributed by atoms with E-state index in [4.69, 9.17) is 4.74 Å². The number of benzene rings is 2. The van der Waals surface area contributed by atoms with E-state index in [1.165, 1.54) is 10.4 Å². The summed E-state index contributed by atoms with van der Waals surface area (Å²) in [4.78, 5) is 20.1. The van der Waals surface area contributed by atoms with Crippen molar-refractivity contribution in [3.05, 3.63) is 60.3 Å². The summed E-state index contributed by atoms with van der Waals surface area (Å²) in [6.07, 6.45) is 1.68. The molecule has 0 bridgehead atoms. The Hall–Kier alpha value is -3.01. The number of fused-ring (bicyclic) bond motifs is 1. The van der Waals surface area contributed by atoms with Crippen LogP contribution in [0.3, 0.4) is 0 Å². The summed E-state index contributed by atoms with van der Waals surface area (Å²) in [5.41, 5.74) is 2.23. The molecule has 1 N–H and O–H groups in total. The van der Waals surface area contributed by atoms with E-state index >= 15 is 0 Å². The van der Waals surface area contributed by atoms with Crippen LogP contribution in [-0.4, -0.2) is 63.0 Å². The maximum absolute atomic E-state index is 13.5. The summed E-state index contributed by atoms with van der Waals surface area (Å²) in [5, 5.41) is 3.85. The lowest BCUT2D eigenvalue weighted by Crippen LogP contribution is -2.37. The van der Waals surface area contributed by atoms with E-state index in [0.717, 1.165) is 5.39 Å². The van der Waals surface area contributed by atoms with Crippen LogP contribution in [0, 0.1) is 0 Å². The van der Waals surface area contributed by atoms with Gasteiger partial charge in [0.15, 0.2) is 0 Å². The average Bonchev–Trinajstić information content (AvgIpc) is 2.85. The molecule has 33 heavy (non-hydrogen) atoms. The highest BCUT2D eigenvalue weighted by molar-refractivity contribution is 7.89. The fourth-order valence-corrected chi connectivity index (χ4v) is 5.53. The number of nitrogens with zero attached hydrogens (tertiary/aromatic N) is 3. The van der Waals surface area contributed by atoms with E-state index in [0.29, 0.717) is 61.8 Å². The minimum atomic E-state index is -3.71. The number of para-hydroxylation sites is 1. The number of amides is 1. The SMILES string of the molecule is CCN(CC)S(=O)(=O)c1ccc(N2CCOCC2)c(C(=O)Nc2cccc3cccnc23)c1. The van der Waals surface area contributed by atoms with E-state index in [9.17, 15) is 13.2 Å². The topological polar surface area (TPSA) is 91.8 Å². The van der Waals surface area contributed by atoms with E-state index in [1.807, 2.05) is 29.2 Å². The lowest BCUT2D eigenvalue weighted by molar-refractivity contribution is 0.102. The van der Waals surface area contributed by atoms with Gasteiger partial charge in [-0.05, 0) is 30.3 Å². The number of sulfonamides is 1. The summed E-state index contributed by atoms with van der Waals surface area (Å²) < 4.78 is 33.1. The van der Waals surface area contributed by atoms with Gasteiger partial charge in [0, 0.05) is 43.4 Å². The van der Waals surface area contributed by atoms with Gasteiger partial charge in [-0.1, -0.05) is 32.0 Å². The number of nitrogens with one attached hydrogen (secondary N) is 1. The van der Waals surface area contributed by atoms with Crippen molar-refractivity contribution in [3.63, 3.8) is 0 Å². The van der Waals surface area contributed by atoms with Crippen LogP contribution in [0.15, 0.2) is 59.6 Å². The zero-order chi connectivity index (χ0) is 23.4. The zero-order valence-electron chi connectivity index (χ0n) is 18.8. The zero-order valence-corrected chi connectivity index (χ0v) is 19.6. The molecule has 2 aromatic carbocycles. The number of hydrogen-bond donors (Lipinski definition) is 1. The Morgan fingerprint density at radius 2 is 1.82 bits per heavy atom. The first-order chi connectivity index (χ1) is 16.0. The van der Waals surface area contributed by atoms with Crippen molar-refractivity contribution in [1.29, 1.82) is 0 Å². The molecule has 8 nitrogen and oxygen atoms in total. The number of rotatable bonds is 7. The van der Waals surface area contributed by atoms with Gasteiger partial charge in [0.1, 0.15) is 0 Å². The van der Waals surface area contributed by atoms with Crippen molar-refractivity contribution in [3.8, 4) is 0 Å². The maximum atomic E-state index is 13.5. The second-order valence-electron chi connectivity index (χ2n) is 7.70. The molecule has 3 aromatic rings. The van der Waals surface area contributed by atoms with Gasteiger partial charge in [0.05, 0.1) is 34.9 Å². The summed E-state index contributed by atoms with van der Waals surface area (Å²) in [7, 11) is -3.71. The number of carbonyl (C=O) groups is 1. The van der Waals surface area contributed by atoms with Gasteiger partial charge >= 0.3 is 0 Å². The number of hydrogen-bond acceptors (Lipinski definition) is 6. The number of anilines is 2. The van der Waals surface area contributed by atoms with Crippen molar-refractivity contribution in [1.82, 2.24) is 9.29 Å². The van der Waals surface area contributed by atoms with Crippen LogP contribution in [0.5, 0.6) is 0 Å². The molecule has 1 fully saturated rings. The third kappa shape index (κ3) is 4.71. The lowest BCUT2D eigenvalue weighted by Gasteiger charge is -2.30. The first-order valence-electron chi connectivity index (χ1n) is 11.1. The van der Waals surface area contributed by atoms with Crippen molar-refractivity contribution >= 4 is 38.2 Å². The molecular weight excluding hydrogens is 440 g/mol. The van der Waals surface area contributed by atoms with Crippen LogP contribution in [-0.2, 0) is 14.8 Å². The number of ether oxygens (including phenoxy) is 1. The molecule has 9 heteroatoms. The fraction of sp³-hybridized carbons (Fsp3) is 0.333. The second-order valence-corrected chi connectivity index (χ2v) is 9.64. The molecule has 1 aliphatic rings. The fourth-order valence-electron chi connectivity index (χ4n) is 4.04. The predicted octanol–water partition coefficient (Wildman–Crippen LogP) is 3.35. The molecule has 1 saturated heterocycles. The third-order valence-corrected chi connectivity index (χ3v) is 7.83. The molecule has 2 heterocycles. The Balaban J connectivity index is 1.77. The van der Waals surface area contributed by atoms with Gasteiger partial charge in [-0.15, -0.1) is 0 Å². The quantitative estimate of drug-likeness (QED) is 0.572. The van der Waals surface area contributed by atoms with Crippen LogP contribution in [0.2, 0.25) is 0 Å². The molecule has 0 atom stereocenters. The highest BCUT2D eigenvalue weighted by Crippen LogP contribution is 2.29. The Labute approximate surface area is 194 Å². The third-order valence-electron chi connectivity index (χ3n) is 5.79. The minimum Gasteiger partial charge on any atom is -0.378 e. The Morgan fingerprint density at radius 3 is 2.55 bits per heavy atom. The first kappa shape index (κ1) is 23.2. The molecule has 0 saturated carbocycles. The van der Waals surface area contributed by atoms with E-state index < -0.39 is 10.0 Å². The average molecular weight is 469 g/mol. The molecular formula is C24H28N4O4S. The Kier molecular flexibility index (Phi) is 6.92. The highest BCUT2D eigenvalue weighted by atomic mass is 32.2. The maximum Gasteiger partial charge on any atom is 0.257 e. The van der Waals surface area contributed by atoms with Crippen LogP contribution < -0.4 is 10.2 Å². The van der Waals surface area contributed by atoms with E-state index in [2.05, 4.69) is 10.3 Å². The molecule has 4 rings (SSSR count). The Morgan fingerprint density at radius 1 is 1.09 bits per heavy atom. The lowest BCUT2D eigenvalue weighted by atomic mass is 10.1. The molecule has 1 aliphatic heterocycles. The monoisotopic (exact) mass is 468 g/mol. The molecule has 0 unspecified atom stereocenters. The smallest absolute Gasteiger partial charge is 0.257 e. The van der Waals surface area contributed by atoms with E-state index in [1.54, 1.807) is 38.2 Å². The molecule has 1 aromatic heterocycles. The summed E-state index contributed by atoms with van der Waals surface area (Å²) in [5.74, 6) is -0.383. The number of carbonyl (C=O) groups excluding carboxylic acids is 1.